The number of thioether (sulfide) groups is 1. The quantitative estimate of drug-likeness (QED) is 0.491. The first-order valence-electron chi connectivity index (χ1n) is 8.65. The lowest BCUT2D eigenvalue weighted by Gasteiger charge is -2.13. The van der Waals surface area contributed by atoms with Gasteiger partial charge in [0.05, 0.1) is 4.91 Å². The largest absolute Gasteiger partial charge is 0.573 e. The second-order valence-electron chi connectivity index (χ2n) is 6.18. The number of carbonyl (C=O) groups excluding carboxylic acids is 1. The molecular weight excluding hydrogens is 441 g/mol. The van der Waals surface area contributed by atoms with Crippen molar-refractivity contribution in [1.29, 1.82) is 0 Å². The number of carboxylic acids is 1. The molecule has 11 heteroatoms. The van der Waals surface area contributed by atoms with Crippen molar-refractivity contribution in [3.63, 3.8) is 0 Å². The normalized spacial score (nSPS) is 15.8. The summed E-state index contributed by atoms with van der Waals surface area (Å²) in [5, 5.41) is 8.73. The second kappa shape index (κ2) is 8.92. The number of hydrogen-bond donors (Lipinski definition) is 1. The second-order valence-corrected chi connectivity index (χ2v) is 7.85. The van der Waals surface area contributed by atoms with Crippen LogP contribution in [0.4, 0.5) is 13.2 Å². The van der Waals surface area contributed by atoms with Crippen LogP contribution in [0.1, 0.15) is 18.5 Å². The summed E-state index contributed by atoms with van der Waals surface area (Å²) in [6.07, 6.45) is -1.19. The molecule has 0 bridgehead atoms. The fourth-order valence-electron chi connectivity index (χ4n) is 2.77. The first kappa shape index (κ1) is 21.9. The van der Waals surface area contributed by atoms with Crippen LogP contribution in [-0.2, 0) is 9.59 Å². The highest BCUT2D eigenvalue weighted by Gasteiger charge is 2.32. The van der Waals surface area contributed by atoms with Crippen LogP contribution in [0.3, 0.4) is 0 Å². The van der Waals surface area contributed by atoms with E-state index in [1.54, 1.807) is 29.0 Å². The number of halogens is 3. The van der Waals surface area contributed by atoms with Crippen LogP contribution in [0.25, 0.3) is 11.8 Å². The highest BCUT2D eigenvalue weighted by Crippen LogP contribution is 2.33. The zero-order valence-electron chi connectivity index (χ0n) is 15.3. The molecule has 0 unspecified atom stereocenters. The minimum atomic E-state index is -4.76. The summed E-state index contributed by atoms with van der Waals surface area (Å²) < 4.78 is 42.9. The van der Waals surface area contributed by atoms with Crippen LogP contribution in [0, 0.1) is 0 Å². The maximum Gasteiger partial charge on any atom is 0.573 e. The number of aromatic nitrogens is 1. The van der Waals surface area contributed by atoms with Crippen molar-refractivity contribution >= 4 is 46.3 Å². The number of benzene rings is 1. The van der Waals surface area contributed by atoms with Gasteiger partial charge in [-0.25, -0.2) is 0 Å². The Balaban J connectivity index is 1.77. The number of hydrogen-bond acceptors (Lipinski definition) is 5. The first-order chi connectivity index (χ1) is 14.1. The smallest absolute Gasteiger partial charge is 0.481 e. The number of nitrogens with zero attached hydrogens (tertiary/aromatic N) is 2. The highest BCUT2D eigenvalue weighted by atomic mass is 32.2. The van der Waals surface area contributed by atoms with Crippen LogP contribution < -0.4 is 4.74 Å². The minimum absolute atomic E-state index is 0.0625. The topological polar surface area (TPSA) is 71.8 Å². The van der Waals surface area contributed by atoms with E-state index in [-0.39, 0.29) is 31.0 Å². The molecule has 1 fully saturated rings. The van der Waals surface area contributed by atoms with Gasteiger partial charge in [-0.2, -0.15) is 0 Å². The van der Waals surface area contributed by atoms with E-state index in [1.807, 2.05) is 0 Å². The minimum Gasteiger partial charge on any atom is -0.481 e. The van der Waals surface area contributed by atoms with E-state index >= 15 is 0 Å². The van der Waals surface area contributed by atoms with Crippen LogP contribution in [0.2, 0.25) is 0 Å². The maximum absolute atomic E-state index is 12.6. The van der Waals surface area contributed by atoms with Crippen LogP contribution >= 0.6 is 24.0 Å². The summed E-state index contributed by atoms with van der Waals surface area (Å²) in [5.41, 5.74) is 1.21. The Morgan fingerprint density at radius 2 is 1.93 bits per heavy atom. The number of amides is 1. The van der Waals surface area contributed by atoms with E-state index < -0.39 is 12.3 Å². The molecule has 6 nitrogen and oxygen atoms in total. The van der Waals surface area contributed by atoms with Gasteiger partial charge in [0.25, 0.3) is 5.91 Å². The van der Waals surface area contributed by atoms with Crippen molar-refractivity contribution < 1.29 is 32.6 Å². The molecule has 1 amide bonds. The van der Waals surface area contributed by atoms with Crippen LogP contribution in [-0.4, -0.2) is 43.7 Å². The van der Waals surface area contributed by atoms with Gasteiger partial charge < -0.3 is 14.4 Å². The van der Waals surface area contributed by atoms with Crippen molar-refractivity contribution in [2.45, 2.75) is 19.2 Å². The molecular formula is C19H15F3N2O4S2. The van der Waals surface area contributed by atoms with Gasteiger partial charge in [-0.3, -0.25) is 14.5 Å². The number of rotatable bonds is 7. The Hall–Kier alpha value is -2.79. The summed E-state index contributed by atoms with van der Waals surface area (Å²) in [6, 6.07) is 8.82. The van der Waals surface area contributed by atoms with E-state index in [0.29, 0.717) is 20.6 Å². The van der Waals surface area contributed by atoms with Crippen molar-refractivity contribution in [1.82, 2.24) is 9.47 Å². The molecule has 1 aromatic carbocycles. The SMILES string of the molecule is O=C(O)CCCN1C(=O)/C(=C\c2cccn2-c2ccc(OC(F)(F)F)cc2)SC1=S. The van der Waals surface area contributed by atoms with E-state index in [9.17, 15) is 22.8 Å². The molecule has 1 N–H and O–H groups in total. The van der Waals surface area contributed by atoms with Gasteiger partial charge in [-0.15, -0.1) is 13.2 Å². The predicted molar refractivity (Wildman–Crippen MR) is 109 cm³/mol. The van der Waals surface area contributed by atoms with E-state index in [0.717, 1.165) is 11.8 Å². The zero-order chi connectivity index (χ0) is 21.9. The lowest BCUT2D eigenvalue weighted by molar-refractivity contribution is -0.274. The van der Waals surface area contributed by atoms with Gasteiger partial charge in [0, 0.05) is 30.5 Å². The van der Waals surface area contributed by atoms with Crippen molar-refractivity contribution in [3.05, 3.63) is 53.2 Å². The number of ether oxygens (including phenoxy) is 1. The lowest BCUT2D eigenvalue weighted by Crippen LogP contribution is -2.29. The molecule has 0 radical (unpaired) electrons. The van der Waals surface area contributed by atoms with Gasteiger partial charge >= 0.3 is 12.3 Å². The average molecular weight is 456 g/mol. The highest BCUT2D eigenvalue weighted by molar-refractivity contribution is 8.26. The Labute approximate surface area is 178 Å². The molecule has 0 spiro atoms. The molecule has 1 aliphatic heterocycles. The Morgan fingerprint density at radius 1 is 1.23 bits per heavy atom. The third-order valence-corrected chi connectivity index (χ3v) is 5.43. The molecule has 1 aromatic heterocycles. The summed E-state index contributed by atoms with van der Waals surface area (Å²) in [6.45, 7) is 0.218. The molecule has 1 aliphatic rings. The van der Waals surface area contributed by atoms with Gasteiger partial charge in [-0.1, -0.05) is 24.0 Å². The Bertz CT molecular complexity index is 1000. The number of carboxylic acid groups (broad SMARTS) is 1. The fraction of sp³-hybridized carbons (Fsp3) is 0.211. The van der Waals surface area contributed by atoms with E-state index in [1.165, 1.54) is 29.2 Å². The monoisotopic (exact) mass is 456 g/mol. The molecule has 0 atom stereocenters. The Morgan fingerprint density at radius 3 is 2.57 bits per heavy atom. The summed E-state index contributed by atoms with van der Waals surface area (Å²) >= 11 is 6.34. The van der Waals surface area contributed by atoms with Crippen LogP contribution in [0.5, 0.6) is 5.75 Å². The third kappa shape index (κ3) is 5.42. The summed E-state index contributed by atoms with van der Waals surface area (Å²) in [5.74, 6) is -1.58. The maximum atomic E-state index is 12.6. The predicted octanol–water partition coefficient (Wildman–Crippen LogP) is 4.44. The number of thiocarbonyl (C=S) groups is 1. The first-order valence-corrected chi connectivity index (χ1v) is 9.87. The van der Waals surface area contributed by atoms with Crippen molar-refractivity contribution in [2.24, 2.45) is 0 Å². The Kier molecular flexibility index (Phi) is 6.52. The summed E-state index contributed by atoms with van der Waals surface area (Å²) in [7, 11) is 0. The van der Waals surface area contributed by atoms with Gasteiger partial charge in [-0.05, 0) is 48.9 Å². The molecule has 3 rings (SSSR count). The van der Waals surface area contributed by atoms with Crippen molar-refractivity contribution in [3.8, 4) is 11.4 Å². The number of carbonyl (C=O) groups is 2. The van der Waals surface area contributed by atoms with Crippen LogP contribution in [0.15, 0.2) is 47.5 Å². The third-order valence-electron chi connectivity index (χ3n) is 4.05. The number of aliphatic carboxylic acids is 1. The average Bonchev–Trinajstić information content (AvgIpc) is 3.21. The standard InChI is InChI=1S/C19H15F3N2O4S2/c20-19(21,22)28-14-7-5-12(6-8-14)23-9-1-3-13(23)11-15-17(27)24(18(29)30-15)10-2-4-16(25)26/h1,3,5-9,11H,2,4,10H2,(H,25,26)/b15-11+. The van der Waals surface area contributed by atoms with Gasteiger partial charge in [0.1, 0.15) is 10.1 Å². The van der Waals surface area contributed by atoms with E-state index in [2.05, 4.69) is 4.74 Å². The molecule has 1 saturated heterocycles. The molecule has 0 saturated carbocycles. The zero-order valence-corrected chi connectivity index (χ0v) is 16.9. The van der Waals surface area contributed by atoms with E-state index in [4.69, 9.17) is 17.3 Å². The summed E-state index contributed by atoms with van der Waals surface area (Å²) in [4.78, 5) is 25.0. The van der Waals surface area contributed by atoms with Crippen molar-refractivity contribution in [2.75, 3.05) is 6.54 Å². The van der Waals surface area contributed by atoms with Gasteiger partial charge in [0.2, 0.25) is 0 Å². The molecule has 158 valence electrons. The van der Waals surface area contributed by atoms with Gasteiger partial charge in [0.15, 0.2) is 0 Å². The lowest BCUT2D eigenvalue weighted by atomic mass is 10.2. The molecule has 0 aliphatic carbocycles. The molecule has 2 heterocycles. The molecule has 30 heavy (non-hydrogen) atoms. The fourth-order valence-corrected chi connectivity index (χ4v) is 4.06. The number of alkyl halides is 3. The molecule has 2 aromatic rings.